The molecule has 7 nitrogen and oxygen atoms in total. The van der Waals surface area contributed by atoms with Crippen molar-refractivity contribution in [3.05, 3.63) is 82.7 Å². The van der Waals surface area contributed by atoms with Gasteiger partial charge in [0.2, 0.25) is 5.91 Å². The summed E-state index contributed by atoms with van der Waals surface area (Å²) < 4.78 is 10.6. The Bertz CT molecular complexity index is 1090. The van der Waals surface area contributed by atoms with Crippen molar-refractivity contribution in [1.29, 1.82) is 0 Å². The summed E-state index contributed by atoms with van der Waals surface area (Å²) in [5.41, 5.74) is 3.52. The van der Waals surface area contributed by atoms with Crippen molar-refractivity contribution in [3.8, 4) is 5.75 Å². The van der Waals surface area contributed by atoms with Crippen LogP contribution in [0.3, 0.4) is 0 Å². The van der Waals surface area contributed by atoms with Gasteiger partial charge in [-0.15, -0.1) is 0 Å². The van der Waals surface area contributed by atoms with E-state index in [4.69, 9.17) is 9.26 Å². The van der Waals surface area contributed by atoms with Crippen LogP contribution >= 0.6 is 0 Å². The van der Waals surface area contributed by atoms with Gasteiger partial charge in [0.05, 0.1) is 13.7 Å². The zero-order valence-electron chi connectivity index (χ0n) is 19.0. The van der Waals surface area contributed by atoms with Crippen molar-refractivity contribution in [2.24, 2.45) is 5.92 Å². The molecule has 1 fully saturated rings. The highest BCUT2D eigenvalue weighted by Crippen LogP contribution is 2.31. The number of nitrogens with zero attached hydrogens (tertiary/aromatic N) is 2. The third-order valence-electron chi connectivity index (χ3n) is 5.78. The first kappa shape index (κ1) is 22.6. The zero-order valence-corrected chi connectivity index (χ0v) is 19.0. The van der Waals surface area contributed by atoms with Gasteiger partial charge in [0, 0.05) is 25.1 Å². The molecule has 2 aromatic carbocycles. The summed E-state index contributed by atoms with van der Waals surface area (Å²) in [6.45, 7) is 3.30. The molecule has 33 heavy (non-hydrogen) atoms. The fourth-order valence-corrected chi connectivity index (χ4v) is 3.57. The molecule has 1 aliphatic carbocycles. The number of benzene rings is 2. The monoisotopic (exact) mass is 447 g/mol. The van der Waals surface area contributed by atoms with Crippen molar-refractivity contribution in [3.63, 3.8) is 0 Å². The standard InChI is InChI=1S/C26H29N3O4/c1-18-3-5-20(6-4-18)16-27-25(30)24-15-23(33-28-24)17-29(26(31)21-9-10-21)14-13-19-7-11-22(32-2)12-8-19/h3-8,11-12,15,21H,9-10,13-14,16-17H2,1-2H3,(H,27,30). The van der Waals surface area contributed by atoms with Gasteiger partial charge in [-0.1, -0.05) is 47.1 Å². The van der Waals surface area contributed by atoms with Crippen LogP contribution in [0.2, 0.25) is 0 Å². The molecule has 1 aromatic heterocycles. The number of carbonyl (C=O) groups excluding carboxylic acids is 2. The Morgan fingerprint density at radius 2 is 1.79 bits per heavy atom. The number of carbonyl (C=O) groups is 2. The first-order valence-corrected chi connectivity index (χ1v) is 11.2. The first-order valence-electron chi connectivity index (χ1n) is 11.2. The Morgan fingerprint density at radius 3 is 2.45 bits per heavy atom. The van der Waals surface area contributed by atoms with E-state index >= 15 is 0 Å². The molecule has 0 bridgehead atoms. The largest absolute Gasteiger partial charge is 0.497 e. The Balaban J connectivity index is 1.35. The van der Waals surface area contributed by atoms with Crippen LogP contribution in [0.25, 0.3) is 0 Å². The van der Waals surface area contributed by atoms with Crippen LogP contribution in [0.15, 0.2) is 59.1 Å². The van der Waals surface area contributed by atoms with E-state index in [0.29, 0.717) is 25.4 Å². The minimum atomic E-state index is -0.302. The number of methoxy groups -OCH3 is 1. The quantitative estimate of drug-likeness (QED) is 0.510. The van der Waals surface area contributed by atoms with Gasteiger partial charge < -0.3 is 19.5 Å². The molecule has 3 aromatic rings. The average molecular weight is 448 g/mol. The summed E-state index contributed by atoms with van der Waals surface area (Å²) in [5.74, 6) is 1.23. The van der Waals surface area contributed by atoms with Gasteiger partial charge in [-0.2, -0.15) is 0 Å². The van der Waals surface area contributed by atoms with Crippen LogP contribution in [0.1, 0.15) is 45.8 Å². The minimum absolute atomic E-state index is 0.0982. The van der Waals surface area contributed by atoms with E-state index in [0.717, 1.165) is 36.1 Å². The van der Waals surface area contributed by atoms with E-state index < -0.39 is 0 Å². The van der Waals surface area contributed by atoms with Crippen LogP contribution in [0.5, 0.6) is 5.75 Å². The molecule has 1 aliphatic rings. The Morgan fingerprint density at radius 1 is 1.09 bits per heavy atom. The molecular formula is C26H29N3O4. The van der Waals surface area contributed by atoms with Gasteiger partial charge in [0.1, 0.15) is 5.75 Å². The molecule has 2 amide bonds. The number of rotatable bonds is 10. The van der Waals surface area contributed by atoms with Crippen LogP contribution in [0.4, 0.5) is 0 Å². The highest BCUT2D eigenvalue weighted by atomic mass is 16.5. The maximum Gasteiger partial charge on any atom is 0.273 e. The summed E-state index contributed by atoms with van der Waals surface area (Å²) in [6, 6.07) is 17.4. The predicted molar refractivity (Wildman–Crippen MR) is 124 cm³/mol. The molecule has 0 radical (unpaired) electrons. The minimum Gasteiger partial charge on any atom is -0.497 e. The van der Waals surface area contributed by atoms with E-state index in [1.54, 1.807) is 18.1 Å². The molecular weight excluding hydrogens is 418 g/mol. The summed E-state index contributed by atoms with van der Waals surface area (Å²) >= 11 is 0. The van der Waals surface area contributed by atoms with Gasteiger partial charge >= 0.3 is 0 Å². The van der Waals surface area contributed by atoms with Gasteiger partial charge in [-0.05, 0) is 49.4 Å². The highest BCUT2D eigenvalue weighted by Gasteiger charge is 2.33. The maximum atomic E-state index is 12.8. The van der Waals surface area contributed by atoms with Crippen molar-refractivity contribution < 1.29 is 18.8 Å². The second kappa shape index (κ2) is 10.3. The fourth-order valence-electron chi connectivity index (χ4n) is 3.57. The molecule has 0 aliphatic heterocycles. The molecule has 1 saturated carbocycles. The molecule has 172 valence electrons. The number of nitrogens with one attached hydrogen (secondary N) is 1. The fraction of sp³-hybridized carbons (Fsp3) is 0.346. The van der Waals surface area contributed by atoms with Crippen molar-refractivity contribution >= 4 is 11.8 Å². The van der Waals surface area contributed by atoms with Crippen molar-refractivity contribution in [2.45, 2.75) is 39.3 Å². The van der Waals surface area contributed by atoms with Crippen molar-refractivity contribution in [2.75, 3.05) is 13.7 Å². The first-order chi connectivity index (χ1) is 16.0. The second-order valence-corrected chi connectivity index (χ2v) is 8.48. The Kier molecular flexibility index (Phi) is 7.07. The molecule has 7 heteroatoms. The summed E-state index contributed by atoms with van der Waals surface area (Å²) in [7, 11) is 1.64. The van der Waals surface area contributed by atoms with E-state index in [2.05, 4.69) is 10.5 Å². The van der Waals surface area contributed by atoms with Crippen LogP contribution in [-0.2, 0) is 24.3 Å². The molecule has 1 heterocycles. The lowest BCUT2D eigenvalue weighted by Gasteiger charge is -2.21. The summed E-state index contributed by atoms with van der Waals surface area (Å²) in [6.07, 6.45) is 2.59. The highest BCUT2D eigenvalue weighted by molar-refractivity contribution is 5.92. The lowest BCUT2D eigenvalue weighted by Crippen LogP contribution is -2.33. The molecule has 0 atom stereocenters. The molecule has 1 N–H and O–H groups in total. The number of amides is 2. The third kappa shape index (κ3) is 6.22. The van der Waals surface area contributed by atoms with E-state index in [1.165, 1.54) is 5.56 Å². The number of hydrogen-bond acceptors (Lipinski definition) is 5. The number of aryl methyl sites for hydroxylation is 1. The average Bonchev–Trinajstić information content (AvgIpc) is 3.59. The summed E-state index contributed by atoms with van der Waals surface area (Å²) in [5, 5.41) is 6.77. The molecule has 0 unspecified atom stereocenters. The van der Waals surface area contributed by atoms with Crippen LogP contribution < -0.4 is 10.1 Å². The molecule has 0 spiro atoms. The van der Waals surface area contributed by atoms with Crippen LogP contribution in [0, 0.1) is 12.8 Å². The molecule has 4 rings (SSSR count). The maximum absolute atomic E-state index is 12.8. The lowest BCUT2D eigenvalue weighted by atomic mass is 10.1. The molecule has 0 saturated heterocycles. The third-order valence-corrected chi connectivity index (χ3v) is 5.78. The number of aromatic nitrogens is 1. The predicted octanol–water partition coefficient (Wildman–Crippen LogP) is 3.90. The SMILES string of the molecule is COc1ccc(CCN(Cc2cc(C(=O)NCc3ccc(C)cc3)no2)C(=O)C2CC2)cc1. The van der Waals surface area contributed by atoms with Gasteiger partial charge in [0.15, 0.2) is 11.5 Å². The van der Waals surface area contributed by atoms with Gasteiger partial charge in [-0.25, -0.2) is 0 Å². The normalized spacial score (nSPS) is 12.9. The van der Waals surface area contributed by atoms with E-state index in [9.17, 15) is 9.59 Å². The van der Waals surface area contributed by atoms with E-state index in [-0.39, 0.29) is 23.4 Å². The zero-order chi connectivity index (χ0) is 23.2. The van der Waals surface area contributed by atoms with Gasteiger partial charge in [0.25, 0.3) is 5.91 Å². The number of hydrogen-bond donors (Lipinski definition) is 1. The Hall–Kier alpha value is -3.61. The Labute approximate surface area is 193 Å². The van der Waals surface area contributed by atoms with Gasteiger partial charge in [-0.3, -0.25) is 9.59 Å². The van der Waals surface area contributed by atoms with E-state index in [1.807, 2.05) is 55.5 Å². The topological polar surface area (TPSA) is 84.7 Å². The second-order valence-electron chi connectivity index (χ2n) is 8.48. The lowest BCUT2D eigenvalue weighted by molar-refractivity contribution is -0.133. The summed E-state index contributed by atoms with van der Waals surface area (Å²) in [4.78, 5) is 27.1. The number of ether oxygens (including phenoxy) is 1. The van der Waals surface area contributed by atoms with Crippen molar-refractivity contribution in [1.82, 2.24) is 15.4 Å². The smallest absolute Gasteiger partial charge is 0.273 e. The van der Waals surface area contributed by atoms with Crippen LogP contribution in [-0.4, -0.2) is 35.5 Å².